The minimum absolute atomic E-state index is 0.327. The molecule has 1 saturated heterocycles. The lowest BCUT2D eigenvalue weighted by molar-refractivity contribution is -0.131. The van der Waals surface area contributed by atoms with E-state index in [-0.39, 0.29) is 0 Å². The van der Waals surface area contributed by atoms with E-state index in [1.165, 1.54) is 12.8 Å². The fraction of sp³-hybridized carbons (Fsp3) is 0.769. The summed E-state index contributed by atoms with van der Waals surface area (Å²) in [7, 11) is 0. The molecule has 0 aliphatic carbocycles. The maximum atomic E-state index is 12.0. The summed E-state index contributed by atoms with van der Waals surface area (Å²) in [5, 5.41) is 0. The Morgan fingerprint density at radius 2 is 2.38 bits per heavy atom. The van der Waals surface area contributed by atoms with Crippen LogP contribution >= 0.6 is 11.8 Å². The van der Waals surface area contributed by atoms with Crippen LogP contribution in [0.3, 0.4) is 0 Å². The highest BCUT2D eigenvalue weighted by Gasteiger charge is 2.27. The van der Waals surface area contributed by atoms with Crippen molar-refractivity contribution in [3.63, 3.8) is 0 Å². The molecule has 1 aliphatic heterocycles. The summed E-state index contributed by atoms with van der Waals surface area (Å²) in [6.45, 7) is 0.958. The minimum atomic E-state index is 0.327. The van der Waals surface area contributed by atoms with E-state index in [1.807, 2.05) is 11.8 Å². The largest absolute Gasteiger partial charge is 0.339 e. The molecule has 90 valence electrons. The average Bonchev–Trinajstić information content (AvgIpc) is 2.73. The Balaban J connectivity index is 2.27. The summed E-state index contributed by atoms with van der Waals surface area (Å²) >= 11 is 1.83. The normalized spacial score (nSPS) is 19.8. The van der Waals surface area contributed by atoms with Gasteiger partial charge < -0.3 is 4.90 Å². The van der Waals surface area contributed by atoms with E-state index in [0.717, 1.165) is 31.6 Å². The van der Waals surface area contributed by atoms with Gasteiger partial charge in [0.25, 0.3) is 0 Å². The van der Waals surface area contributed by atoms with Crippen molar-refractivity contribution in [1.29, 1.82) is 0 Å². The number of thioether (sulfide) groups is 1. The van der Waals surface area contributed by atoms with Gasteiger partial charge in [0.1, 0.15) is 0 Å². The number of amides is 1. The molecule has 1 rings (SSSR count). The molecule has 0 spiro atoms. The van der Waals surface area contributed by atoms with E-state index in [2.05, 4.69) is 17.1 Å². The van der Waals surface area contributed by atoms with Crippen LogP contribution in [0.25, 0.3) is 0 Å². The van der Waals surface area contributed by atoms with E-state index in [1.54, 1.807) is 0 Å². The number of likely N-dealkylation sites (tertiary alicyclic amines) is 1. The number of rotatable bonds is 6. The molecule has 0 aromatic rings. The van der Waals surface area contributed by atoms with Crippen LogP contribution in [0, 0.1) is 12.3 Å². The summed E-state index contributed by atoms with van der Waals surface area (Å²) in [5.74, 6) is 4.02. The number of hydrogen-bond donors (Lipinski definition) is 0. The minimum Gasteiger partial charge on any atom is -0.339 e. The maximum absolute atomic E-state index is 12.0. The second-order valence-electron chi connectivity index (χ2n) is 4.25. The maximum Gasteiger partial charge on any atom is 0.222 e. The third kappa shape index (κ3) is 4.09. The average molecular weight is 239 g/mol. The highest BCUT2D eigenvalue weighted by molar-refractivity contribution is 7.98. The van der Waals surface area contributed by atoms with Gasteiger partial charge in [-0.3, -0.25) is 4.79 Å². The first-order chi connectivity index (χ1) is 7.79. The summed E-state index contributed by atoms with van der Waals surface area (Å²) in [6, 6.07) is 0.482. The molecule has 0 saturated carbocycles. The lowest BCUT2D eigenvalue weighted by atomic mass is 10.1. The van der Waals surface area contributed by atoms with Crippen molar-refractivity contribution in [3.8, 4) is 12.3 Å². The number of carbonyl (C=O) groups excluding carboxylic acids is 1. The van der Waals surface area contributed by atoms with Gasteiger partial charge in [-0.05, 0) is 31.9 Å². The van der Waals surface area contributed by atoms with E-state index in [4.69, 9.17) is 6.42 Å². The van der Waals surface area contributed by atoms with Crippen molar-refractivity contribution >= 4 is 17.7 Å². The molecule has 16 heavy (non-hydrogen) atoms. The van der Waals surface area contributed by atoms with Crippen molar-refractivity contribution in [3.05, 3.63) is 0 Å². The van der Waals surface area contributed by atoms with Gasteiger partial charge in [-0.2, -0.15) is 11.8 Å². The predicted molar refractivity (Wildman–Crippen MR) is 70.4 cm³/mol. The van der Waals surface area contributed by atoms with Gasteiger partial charge in [-0.25, -0.2) is 0 Å². The summed E-state index contributed by atoms with van der Waals surface area (Å²) in [6.07, 6.45) is 13.0. The molecule has 2 nitrogen and oxygen atoms in total. The Labute approximate surface area is 103 Å². The first kappa shape index (κ1) is 13.4. The van der Waals surface area contributed by atoms with Crippen molar-refractivity contribution in [1.82, 2.24) is 4.90 Å². The van der Waals surface area contributed by atoms with E-state index < -0.39 is 0 Å². The second kappa shape index (κ2) is 7.62. The van der Waals surface area contributed by atoms with Crippen molar-refractivity contribution in [2.75, 3.05) is 18.6 Å². The fourth-order valence-corrected chi connectivity index (χ4v) is 2.91. The Kier molecular flexibility index (Phi) is 6.40. The molecule has 0 aromatic heterocycles. The highest BCUT2D eigenvalue weighted by Crippen LogP contribution is 2.21. The van der Waals surface area contributed by atoms with E-state index >= 15 is 0 Å². The van der Waals surface area contributed by atoms with Gasteiger partial charge in [-0.15, -0.1) is 12.3 Å². The van der Waals surface area contributed by atoms with Gasteiger partial charge in [0, 0.05) is 31.2 Å². The molecule has 0 radical (unpaired) electrons. The molecule has 1 atom stereocenters. The second-order valence-corrected chi connectivity index (χ2v) is 5.16. The van der Waals surface area contributed by atoms with Crippen LogP contribution in [0.2, 0.25) is 0 Å². The molecule has 1 aliphatic rings. The zero-order chi connectivity index (χ0) is 11.8. The third-order valence-corrected chi connectivity index (χ3v) is 3.74. The van der Waals surface area contributed by atoms with Gasteiger partial charge >= 0.3 is 0 Å². The van der Waals surface area contributed by atoms with Crippen LogP contribution in [-0.2, 0) is 4.79 Å². The van der Waals surface area contributed by atoms with Crippen molar-refractivity contribution in [2.45, 2.75) is 44.6 Å². The van der Waals surface area contributed by atoms with Gasteiger partial charge in [-0.1, -0.05) is 0 Å². The zero-order valence-corrected chi connectivity index (χ0v) is 10.9. The quantitative estimate of drug-likeness (QED) is 0.524. The Bertz CT molecular complexity index is 259. The monoisotopic (exact) mass is 239 g/mol. The summed E-state index contributed by atoms with van der Waals surface area (Å²) in [5.41, 5.74) is 0. The predicted octanol–water partition coefficient (Wildman–Crippen LogP) is 2.53. The Morgan fingerprint density at radius 3 is 3.06 bits per heavy atom. The van der Waals surface area contributed by atoms with Gasteiger partial charge in [0.2, 0.25) is 5.91 Å². The van der Waals surface area contributed by atoms with Crippen LogP contribution in [0.1, 0.15) is 38.5 Å². The first-order valence-corrected chi connectivity index (χ1v) is 7.41. The van der Waals surface area contributed by atoms with Crippen molar-refractivity contribution in [2.24, 2.45) is 0 Å². The van der Waals surface area contributed by atoms with Crippen LogP contribution in [-0.4, -0.2) is 35.4 Å². The smallest absolute Gasteiger partial charge is 0.222 e. The van der Waals surface area contributed by atoms with E-state index in [9.17, 15) is 4.79 Å². The number of nitrogens with zero attached hydrogens (tertiary/aromatic N) is 1. The standard InChI is InChI=1S/C13H21NOS/c1-3-4-5-6-9-13(15)14-10-7-8-12(14)11-16-2/h1,12H,4-11H2,2H3/t12-/m1/s1. The molecular formula is C13H21NOS. The van der Waals surface area contributed by atoms with Crippen LogP contribution in [0.5, 0.6) is 0 Å². The molecule has 0 aromatic carbocycles. The van der Waals surface area contributed by atoms with Gasteiger partial charge in [0.15, 0.2) is 0 Å². The van der Waals surface area contributed by atoms with Crippen LogP contribution in [0.4, 0.5) is 0 Å². The molecule has 1 fully saturated rings. The molecule has 1 amide bonds. The molecule has 0 N–H and O–H groups in total. The number of terminal acetylenes is 1. The van der Waals surface area contributed by atoms with Crippen molar-refractivity contribution < 1.29 is 4.79 Å². The number of carbonyl (C=O) groups is 1. The Morgan fingerprint density at radius 1 is 1.56 bits per heavy atom. The number of hydrogen-bond acceptors (Lipinski definition) is 2. The summed E-state index contributed by atoms with van der Waals surface area (Å²) in [4.78, 5) is 14.0. The molecule has 1 heterocycles. The third-order valence-electron chi connectivity index (χ3n) is 3.02. The highest BCUT2D eigenvalue weighted by atomic mass is 32.2. The molecule has 0 bridgehead atoms. The zero-order valence-electron chi connectivity index (χ0n) is 10.1. The molecule has 3 heteroatoms. The SMILES string of the molecule is C#CCCCCC(=O)N1CCC[C@@H]1CSC. The number of unbranched alkanes of at least 4 members (excludes halogenated alkanes) is 2. The molecule has 0 unspecified atom stereocenters. The fourth-order valence-electron chi connectivity index (χ4n) is 2.18. The van der Waals surface area contributed by atoms with Crippen LogP contribution in [0.15, 0.2) is 0 Å². The topological polar surface area (TPSA) is 20.3 Å². The molecular weight excluding hydrogens is 218 g/mol. The first-order valence-electron chi connectivity index (χ1n) is 6.01. The van der Waals surface area contributed by atoms with Crippen LogP contribution < -0.4 is 0 Å². The lowest BCUT2D eigenvalue weighted by Crippen LogP contribution is -2.36. The Hall–Kier alpha value is -0.620. The summed E-state index contributed by atoms with van der Waals surface area (Å²) < 4.78 is 0. The van der Waals surface area contributed by atoms with Gasteiger partial charge in [0.05, 0.1) is 0 Å². The lowest BCUT2D eigenvalue weighted by Gasteiger charge is -2.24. The van der Waals surface area contributed by atoms with E-state index in [0.29, 0.717) is 18.4 Å².